The Morgan fingerprint density at radius 2 is 2.07 bits per heavy atom. The fourth-order valence-electron chi connectivity index (χ4n) is 3.29. The first-order valence-corrected chi connectivity index (χ1v) is 9.20. The van der Waals surface area contributed by atoms with E-state index in [-0.39, 0.29) is 18.6 Å². The SMILES string of the molecule is COc1cc(/C=C/C(=O)OCC(=O)N2CCCC[C@@H]2C)cc2c1OCCO2. The van der Waals surface area contributed by atoms with Crippen LogP contribution >= 0.6 is 0 Å². The van der Waals surface area contributed by atoms with Crippen molar-refractivity contribution in [2.75, 3.05) is 33.5 Å². The molecule has 0 aliphatic carbocycles. The maximum Gasteiger partial charge on any atom is 0.331 e. The summed E-state index contributed by atoms with van der Waals surface area (Å²) in [6.07, 6.45) is 6.00. The monoisotopic (exact) mass is 375 g/mol. The molecular formula is C20H25NO6. The minimum absolute atomic E-state index is 0.148. The maximum atomic E-state index is 12.2. The molecule has 0 radical (unpaired) electrons. The van der Waals surface area contributed by atoms with E-state index < -0.39 is 5.97 Å². The first-order valence-electron chi connectivity index (χ1n) is 9.20. The highest BCUT2D eigenvalue weighted by Crippen LogP contribution is 2.40. The van der Waals surface area contributed by atoms with E-state index in [4.69, 9.17) is 18.9 Å². The fraction of sp³-hybridized carbons (Fsp3) is 0.500. The molecule has 7 nitrogen and oxygen atoms in total. The minimum Gasteiger partial charge on any atom is -0.493 e. The van der Waals surface area contributed by atoms with Crippen molar-refractivity contribution in [2.45, 2.75) is 32.2 Å². The number of nitrogens with zero attached hydrogens (tertiary/aromatic N) is 1. The van der Waals surface area contributed by atoms with Crippen LogP contribution in [0.4, 0.5) is 0 Å². The average Bonchev–Trinajstić information content (AvgIpc) is 2.70. The smallest absolute Gasteiger partial charge is 0.331 e. The van der Waals surface area contributed by atoms with Gasteiger partial charge in [0.15, 0.2) is 18.1 Å². The molecule has 2 heterocycles. The van der Waals surface area contributed by atoms with Gasteiger partial charge in [-0.25, -0.2) is 4.79 Å². The van der Waals surface area contributed by atoms with E-state index in [9.17, 15) is 9.59 Å². The number of carbonyl (C=O) groups is 2. The molecule has 1 atom stereocenters. The Morgan fingerprint density at radius 3 is 2.85 bits per heavy atom. The minimum atomic E-state index is -0.568. The van der Waals surface area contributed by atoms with Gasteiger partial charge in [0, 0.05) is 18.7 Å². The number of amides is 1. The lowest BCUT2D eigenvalue weighted by atomic mass is 10.0. The summed E-state index contributed by atoms with van der Waals surface area (Å²) in [5.74, 6) is 0.953. The third-order valence-corrected chi connectivity index (χ3v) is 4.72. The quantitative estimate of drug-likeness (QED) is 0.581. The number of esters is 1. The van der Waals surface area contributed by atoms with Crippen LogP contribution in [0.5, 0.6) is 17.2 Å². The number of carbonyl (C=O) groups excluding carboxylic acids is 2. The summed E-state index contributed by atoms with van der Waals surface area (Å²) in [5.41, 5.74) is 0.712. The molecule has 0 bridgehead atoms. The molecule has 1 aromatic rings. The van der Waals surface area contributed by atoms with Crippen LogP contribution < -0.4 is 14.2 Å². The highest BCUT2D eigenvalue weighted by molar-refractivity contribution is 5.89. The van der Waals surface area contributed by atoms with E-state index in [1.165, 1.54) is 6.08 Å². The van der Waals surface area contributed by atoms with Crippen LogP contribution in [0.25, 0.3) is 6.08 Å². The van der Waals surface area contributed by atoms with Gasteiger partial charge >= 0.3 is 5.97 Å². The van der Waals surface area contributed by atoms with Gasteiger partial charge in [-0.2, -0.15) is 0 Å². The first kappa shape index (κ1) is 19.1. The molecule has 7 heteroatoms. The summed E-state index contributed by atoms with van der Waals surface area (Å²) in [7, 11) is 1.54. The van der Waals surface area contributed by atoms with Gasteiger partial charge in [0.2, 0.25) is 5.75 Å². The van der Waals surface area contributed by atoms with Gasteiger partial charge in [0.25, 0.3) is 5.91 Å². The number of piperidine rings is 1. The third-order valence-electron chi connectivity index (χ3n) is 4.72. The molecule has 27 heavy (non-hydrogen) atoms. The van der Waals surface area contributed by atoms with Crippen LogP contribution in [0.2, 0.25) is 0 Å². The van der Waals surface area contributed by atoms with Gasteiger partial charge in [-0.1, -0.05) is 0 Å². The van der Waals surface area contributed by atoms with Crippen molar-refractivity contribution in [3.05, 3.63) is 23.8 Å². The lowest BCUT2D eigenvalue weighted by molar-refractivity contribution is -0.149. The summed E-state index contributed by atoms with van der Waals surface area (Å²) in [4.78, 5) is 26.0. The normalized spacial score (nSPS) is 19.0. The largest absolute Gasteiger partial charge is 0.493 e. The fourth-order valence-corrected chi connectivity index (χ4v) is 3.29. The van der Waals surface area contributed by atoms with Gasteiger partial charge in [-0.3, -0.25) is 4.79 Å². The first-order chi connectivity index (χ1) is 13.1. The van der Waals surface area contributed by atoms with E-state index >= 15 is 0 Å². The second-order valence-corrected chi connectivity index (χ2v) is 6.62. The average molecular weight is 375 g/mol. The molecule has 0 spiro atoms. The number of hydrogen-bond donors (Lipinski definition) is 0. The zero-order chi connectivity index (χ0) is 19.2. The Bertz CT molecular complexity index is 712. The molecule has 1 aromatic carbocycles. The van der Waals surface area contributed by atoms with Gasteiger partial charge in [0.05, 0.1) is 7.11 Å². The maximum absolute atomic E-state index is 12.2. The standard InChI is InChI=1S/C20H25NO6/c1-14-5-3-4-8-21(14)18(22)13-27-19(23)7-6-15-11-16(24-2)20-17(12-15)25-9-10-26-20/h6-7,11-12,14H,3-5,8-10,13H2,1-2H3/b7-6+/t14-/m0/s1. The molecule has 0 aromatic heterocycles. The molecule has 1 saturated heterocycles. The molecule has 0 N–H and O–H groups in total. The van der Waals surface area contributed by atoms with E-state index in [0.29, 0.717) is 36.0 Å². The van der Waals surface area contributed by atoms with Crippen molar-refractivity contribution in [3.8, 4) is 17.2 Å². The number of fused-ring (bicyclic) bond motifs is 1. The van der Waals surface area contributed by atoms with Crippen molar-refractivity contribution >= 4 is 18.0 Å². The van der Waals surface area contributed by atoms with Gasteiger partial charge < -0.3 is 23.8 Å². The Balaban J connectivity index is 1.57. The van der Waals surface area contributed by atoms with Crippen molar-refractivity contribution in [1.29, 1.82) is 0 Å². The van der Waals surface area contributed by atoms with Gasteiger partial charge in [0.1, 0.15) is 13.2 Å². The van der Waals surface area contributed by atoms with Crippen LogP contribution in [-0.2, 0) is 14.3 Å². The van der Waals surface area contributed by atoms with Crippen LogP contribution in [0, 0.1) is 0 Å². The number of hydrogen-bond acceptors (Lipinski definition) is 6. The molecular weight excluding hydrogens is 350 g/mol. The summed E-state index contributed by atoms with van der Waals surface area (Å²) in [6, 6.07) is 3.71. The van der Waals surface area contributed by atoms with Crippen molar-refractivity contribution in [2.24, 2.45) is 0 Å². The number of likely N-dealkylation sites (tertiary alicyclic amines) is 1. The van der Waals surface area contributed by atoms with Crippen molar-refractivity contribution in [1.82, 2.24) is 4.90 Å². The summed E-state index contributed by atoms with van der Waals surface area (Å²) < 4.78 is 21.5. The van der Waals surface area contributed by atoms with Crippen molar-refractivity contribution in [3.63, 3.8) is 0 Å². The molecule has 2 aliphatic heterocycles. The number of rotatable bonds is 5. The number of ether oxygens (including phenoxy) is 4. The second-order valence-electron chi connectivity index (χ2n) is 6.62. The number of methoxy groups -OCH3 is 1. The van der Waals surface area contributed by atoms with Crippen LogP contribution in [0.15, 0.2) is 18.2 Å². The third kappa shape index (κ3) is 4.72. The Hall–Kier alpha value is -2.70. The van der Waals surface area contributed by atoms with Crippen LogP contribution in [0.3, 0.4) is 0 Å². The zero-order valence-electron chi connectivity index (χ0n) is 15.7. The topological polar surface area (TPSA) is 74.3 Å². The van der Waals surface area contributed by atoms with Crippen molar-refractivity contribution < 1.29 is 28.5 Å². The van der Waals surface area contributed by atoms with E-state index in [0.717, 1.165) is 25.8 Å². The molecule has 1 fully saturated rings. The van der Waals surface area contributed by atoms with E-state index in [2.05, 4.69) is 0 Å². The zero-order valence-corrected chi connectivity index (χ0v) is 15.7. The molecule has 1 amide bonds. The molecule has 0 unspecified atom stereocenters. The van der Waals surface area contributed by atoms with Gasteiger partial charge in [-0.15, -0.1) is 0 Å². The van der Waals surface area contributed by atoms with Gasteiger partial charge in [-0.05, 0) is 50.0 Å². The highest BCUT2D eigenvalue weighted by Gasteiger charge is 2.23. The summed E-state index contributed by atoms with van der Waals surface area (Å²) in [6.45, 7) is 3.44. The summed E-state index contributed by atoms with van der Waals surface area (Å²) in [5, 5.41) is 0. The highest BCUT2D eigenvalue weighted by atomic mass is 16.6. The lowest BCUT2D eigenvalue weighted by Crippen LogP contribution is -2.44. The molecule has 2 aliphatic rings. The van der Waals surface area contributed by atoms with E-state index in [1.54, 1.807) is 30.2 Å². The van der Waals surface area contributed by atoms with E-state index in [1.807, 2.05) is 6.92 Å². The summed E-state index contributed by atoms with van der Waals surface area (Å²) >= 11 is 0. The second kappa shape index (κ2) is 8.79. The van der Waals surface area contributed by atoms with Crippen LogP contribution in [-0.4, -0.2) is 56.3 Å². The predicted molar refractivity (Wildman–Crippen MR) is 99.0 cm³/mol. The molecule has 0 saturated carbocycles. The Labute approximate surface area is 158 Å². The molecule has 3 rings (SSSR count). The van der Waals surface area contributed by atoms with Crippen LogP contribution in [0.1, 0.15) is 31.7 Å². The number of benzene rings is 1. The molecule has 146 valence electrons. The Kier molecular flexibility index (Phi) is 6.21. The lowest BCUT2D eigenvalue weighted by Gasteiger charge is -2.33. The predicted octanol–water partition coefficient (Wildman–Crippen LogP) is 2.42. The Morgan fingerprint density at radius 1 is 1.26 bits per heavy atom.